The summed E-state index contributed by atoms with van der Waals surface area (Å²) in [5.74, 6) is -0.0636. The first-order chi connectivity index (χ1) is 7.06. The van der Waals surface area contributed by atoms with E-state index < -0.39 is 5.97 Å². The van der Waals surface area contributed by atoms with E-state index in [2.05, 4.69) is 23.7 Å². The minimum Gasteiger partial charge on any atom is -0.480 e. The maximum atomic E-state index is 10.6. The Hall–Kier alpha value is -1.39. The van der Waals surface area contributed by atoms with Crippen molar-refractivity contribution in [3.8, 4) is 0 Å². The first-order valence-corrected chi connectivity index (χ1v) is 4.99. The van der Waals surface area contributed by atoms with Crippen LogP contribution < -0.4 is 0 Å². The van der Waals surface area contributed by atoms with Crippen LogP contribution in [0.2, 0.25) is 0 Å². The van der Waals surface area contributed by atoms with Crippen molar-refractivity contribution in [1.82, 2.24) is 5.01 Å². The molecule has 1 N–H and O–H groups in total. The van der Waals surface area contributed by atoms with Gasteiger partial charge >= 0.3 is 5.97 Å². The fourth-order valence-electron chi connectivity index (χ4n) is 1.48. The van der Waals surface area contributed by atoms with Crippen molar-refractivity contribution in [3.63, 3.8) is 0 Å². The normalized spacial score (nSPS) is 13.4. The Balaban J connectivity index is 4.61. The molecule has 1 atom stereocenters. The van der Waals surface area contributed by atoms with Crippen LogP contribution >= 0.6 is 0 Å². The maximum absolute atomic E-state index is 10.6. The smallest absolute Gasteiger partial charge is 0.325 e. The van der Waals surface area contributed by atoms with Crippen molar-refractivity contribution in [2.75, 3.05) is 13.6 Å². The monoisotopic (exact) mass is 213 g/mol. The number of carbonyl (C=O) groups is 1. The second-order valence-corrected chi connectivity index (χ2v) is 3.36. The zero-order valence-corrected chi connectivity index (χ0v) is 9.60. The molecule has 1 unspecified atom stereocenters. The number of carboxylic acids is 1. The SMILES string of the molecule is C=NN(CC(=O)O)C(=NC)C(C)CCC. The van der Waals surface area contributed by atoms with Gasteiger partial charge in [-0.15, -0.1) is 0 Å². The molecule has 0 fully saturated rings. The largest absolute Gasteiger partial charge is 0.480 e. The van der Waals surface area contributed by atoms with Crippen molar-refractivity contribution < 1.29 is 9.90 Å². The highest BCUT2D eigenvalue weighted by atomic mass is 16.4. The average molecular weight is 213 g/mol. The molecule has 0 amide bonds. The minimum atomic E-state index is -0.938. The summed E-state index contributed by atoms with van der Waals surface area (Å²) in [5, 5.41) is 13.7. The van der Waals surface area contributed by atoms with Crippen LogP contribution in [0.15, 0.2) is 10.1 Å². The van der Waals surface area contributed by atoms with Gasteiger partial charge in [-0.1, -0.05) is 20.3 Å². The predicted octanol–water partition coefficient (Wildman–Crippen LogP) is 1.45. The fraction of sp³-hybridized carbons (Fsp3) is 0.700. The minimum absolute atomic E-state index is 0.190. The fourth-order valence-corrected chi connectivity index (χ4v) is 1.48. The molecule has 0 aliphatic heterocycles. The quantitative estimate of drug-likeness (QED) is 0.412. The van der Waals surface area contributed by atoms with Gasteiger partial charge in [0.15, 0.2) is 0 Å². The van der Waals surface area contributed by atoms with Crippen LogP contribution in [0.5, 0.6) is 0 Å². The van der Waals surface area contributed by atoms with Crippen molar-refractivity contribution >= 4 is 18.5 Å². The molecule has 0 aromatic rings. The van der Waals surface area contributed by atoms with Crippen LogP contribution in [0.4, 0.5) is 0 Å². The highest BCUT2D eigenvalue weighted by molar-refractivity contribution is 5.87. The second-order valence-electron chi connectivity index (χ2n) is 3.36. The molecule has 0 saturated carbocycles. The number of amidine groups is 1. The highest BCUT2D eigenvalue weighted by Crippen LogP contribution is 2.11. The van der Waals surface area contributed by atoms with Gasteiger partial charge < -0.3 is 5.11 Å². The zero-order chi connectivity index (χ0) is 11.8. The summed E-state index contributed by atoms with van der Waals surface area (Å²) in [6.45, 7) is 7.25. The van der Waals surface area contributed by atoms with Crippen LogP contribution in [-0.4, -0.2) is 42.2 Å². The number of hydrogen-bond acceptors (Lipinski definition) is 3. The summed E-state index contributed by atoms with van der Waals surface area (Å²) < 4.78 is 0. The van der Waals surface area contributed by atoms with Crippen molar-refractivity contribution in [1.29, 1.82) is 0 Å². The molecule has 5 heteroatoms. The number of rotatable bonds is 6. The molecule has 0 rings (SSSR count). The van der Waals surface area contributed by atoms with E-state index in [0.717, 1.165) is 12.8 Å². The Morgan fingerprint density at radius 3 is 2.53 bits per heavy atom. The van der Waals surface area contributed by atoms with Crippen LogP contribution in [0.1, 0.15) is 26.7 Å². The van der Waals surface area contributed by atoms with E-state index in [1.54, 1.807) is 7.05 Å². The third kappa shape index (κ3) is 4.58. The number of aliphatic carboxylic acids is 1. The Bertz CT molecular complexity index is 251. The second kappa shape index (κ2) is 6.98. The van der Waals surface area contributed by atoms with Crippen molar-refractivity contribution in [3.05, 3.63) is 0 Å². The van der Waals surface area contributed by atoms with E-state index in [9.17, 15) is 4.79 Å². The predicted molar refractivity (Wildman–Crippen MR) is 61.3 cm³/mol. The molecule has 15 heavy (non-hydrogen) atoms. The molecule has 0 heterocycles. The summed E-state index contributed by atoms with van der Waals surface area (Å²) in [5.41, 5.74) is 0. The summed E-state index contributed by atoms with van der Waals surface area (Å²) in [4.78, 5) is 14.7. The van der Waals surface area contributed by atoms with E-state index in [4.69, 9.17) is 5.11 Å². The number of nitrogens with zero attached hydrogens (tertiary/aromatic N) is 3. The molecule has 0 bridgehead atoms. The molecular weight excluding hydrogens is 194 g/mol. The molecule has 0 aromatic carbocycles. The lowest BCUT2D eigenvalue weighted by molar-refractivity contribution is -0.137. The molecule has 0 radical (unpaired) electrons. The number of hydrogen-bond donors (Lipinski definition) is 1. The molecule has 0 aromatic heterocycles. The van der Waals surface area contributed by atoms with Crippen LogP contribution in [0, 0.1) is 5.92 Å². The number of hydrazone groups is 1. The topological polar surface area (TPSA) is 65.3 Å². The number of carboxylic acid groups (broad SMARTS) is 1. The van der Waals surface area contributed by atoms with Gasteiger partial charge in [0.25, 0.3) is 0 Å². The number of aliphatic imine (C=N–C) groups is 1. The Morgan fingerprint density at radius 1 is 1.60 bits per heavy atom. The summed E-state index contributed by atoms with van der Waals surface area (Å²) >= 11 is 0. The van der Waals surface area contributed by atoms with Crippen molar-refractivity contribution in [2.24, 2.45) is 16.0 Å². The Labute approximate surface area is 90.5 Å². The molecule has 0 aliphatic carbocycles. The van der Waals surface area contributed by atoms with E-state index in [0.29, 0.717) is 5.84 Å². The highest BCUT2D eigenvalue weighted by Gasteiger charge is 2.18. The molecular formula is C10H19N3O2. The van der Waals surface area contributed by atoms with Gasteiger partial charge in [-0.2, -0.15) is 5.10 Å². The van der Waals surface area contributed by atoms with Crippen LogP contribution in [0.25, 0.3) is 0 Å². The van der Waals surface area contributed by atoms with Crippen LogP contribution in [-0.2, 0) is 4.79 Å². The lowest BCUT2D eigenvalue weighted by Gasteiger charge is -2.22. The summed E-state index contributed by atoms with van der Waals surface area (Å²) in [6, 6.07) is 0. The third-order valence-corrected chi connectivity index (χ3v) is 2.11. The van der Waals surface area contributed by atoms with Gasteiger partial charge in [0.1, 0.15) is 12.4 Å². The van der Waals surface area contributed by atoms with E-state index in [-0.39, 0.29) is 12.5 Å². The van der Waals surface area contributed by atoms with Crippen molar-refractivity contribution in [2.45, 2.75) is 26.7 Å². The molecule has 5 nitrogen and oxygen atoms in total. The van der Waals surface area contributed by atoms with Gasteiger partial charge in [0, 0.05) is 19.7 Å². The molecule has 0 aliphatic rings. The van der Waals surface area contributed by atoms with E-state index in [1.165, 1.54) is 5.01 Å². The lowest BCUT2D eigenvalue weighted by Crippen LogP contribution is -2.35. The summed E-state index contributed by atoms with van der Waals surface area (Å²) in [6.07, 6.45) is 1.98. The average Bonchev–Trinajstić information content (AvgIpc) is 2.17. The van der Waals surface area contributed by atoms with E-state index in [1.807, 2.05) is 6.92 Å². The zero-order valence-electron chi connectivity index (χ0n) is 9.60. The van der Waals surface area contributed by atoms with Crippen LogP contribution in [0.3, 0.4) is 0 Å². The Kier molecular flexibility index (Phi) is 6.33. The standard InChI is InChI=1S/C10H19N3O2/c1-5-6-8(2)10(11-3)13(12-4)7-9(14)15/h8H,4-7H2,1-3H3,(H,14,15). The Morgan fingerprint density at radius 2 is 2.20 bits per heavy atom. The van der Waals surface area contributed by atoms with Gasteiger partial charge in [-0.25, -0.2) is 5.01 Å². The van der Waals surface area contributed by atoms with Gasteiger partial charge in [0.05, 0.1) is 0 Å². The summed E-state index contributed by atoms with van der Waals surface area (Å²) in [7, 11) is 1.64. The van der Waals surface area contributed by atoms with Gasteiger partial charge in [0.2, 0.25) is 0 Å². The molecule has 0 spiro atoms. The third-order valence-electron chi connectivity index (χ3n) is 2.11. The van der Waals surface area contributed by atoms with Gasteiger partial charge in [-0.3, -0.25) is 9.79 Å². The van der Waals surface area contributed by atoms with Gasteiger partial charge in [-0.05, 0) is 6.42 Å². The molecule has 86 valence electrons. The maximum Gasteiger partial charge on any atom is 0.325 e. The molecule has 0 saturated heterocycles. The first kappa shape index (κ1) is 13.6. The first-order valence-electron chi connectivity index (χ1n) is 4.99. The lowest BCUT2D eigenvalue weighted by atomic mass is 10.0. The van der Waals surface area contributed by atoms with E-state index >= 15 is 0 Å².